The van der Waals surface area contributed by atoms with E-state index in [0.717, 1.165) is 14.7 Å². The molecule has 0 spiro atoms. The van der Waals surface area contributed by atoms with Gasteiger partial charge in [0.1, 0.15) is 0 Å². The summed E-state index contributed by atoms with van der Waals surface area (Å²) in [6, 6.07) is 6.31. The topological polar surface area (TPSA) is 13.1 Å². The zero-order valence-corrected chi connectivity index (χ0v) is 14.2. The zero-order valence-electron chi connectivity index (χ0n) is 9.43. The van der Waals surface area contributed by atoms with Crippen molar-refractivity contribution in [1.82, 2.24) is 0 Å². The molecule has 0 amide bonds. The maximum Gasteiger partial charge on any atom is 0.173 e. The highest BCUT2D eigenvalue weighted by Crippen LogP contribution is 2.38. The van der Waals surface area contributed by atoms with Crippen LogP contribution in [0.2, 0.25) is 0 Å². The van der Waals surface area contributed by atoms with E-state index in [1.807, 2.05) is 6.07 Å². The lowest BCUT2D eigenvalue weighted by molar-refractivity contribution is 0.537. The minimum atomic E-state index is 0.141. The van der Waals surface area contributed by atoms with Crippen molar-refractivity contribution < 1.29 is 4.42 Å². The fraction of sp³-hybridized carbons (Fsp3) is 0.231. The number of halogens is 3. The Morgan fingerprint density at radius 3 is 2.35 bits per heavy atom. The summed E-state index contributed by atoms with van der Waals surface area (Å²) < 4.78 is 7.20. The fourth-order valence-corrected chi connectivity index (χ4v) is 3.82. The van der Waals surface area contributed by atoms with Gasteiger partial charge in [-0.15, -0.1) is 0 Å². The van der Waals surface area contributed by atoms with Crippen LogP contribution in [0.4, 0.5) is 0 Å². The fourth-order valence-electron chi connectivity index (χ4n) is 1.73. The molecule has 0 radical (unpaired) electrons. The molecule has 4 heteroatoms. The van der Waals surface area contributed by atoms with Crippen LogP contribution in [0.3, 0.4) is 0 Å². The molecule has 0 aliphatic carbocycles. The van der Waals surface area contributed by atoms with E-state index in [1.54, 1.807) is 6.26 Å². The number of alkyl halides is 1. The minimum Gasteiger partial charge on any atom is -0.457 e. The molecule has 1 aromatic heterocycles. The molecule has 0 saturated carbocycles. The van der Waals surface area contributed by atoms with Crippen molar-refractivity contribution in [1.29, 1.82) is 0 Å². The average Bonchev–Trinajstić information content (AvgIpc) is 2.69. The molecule has 1 atom stereocenters. The van der Waals surface area contributed by atoms with Gasteiger partial charge in [-0.1, -0.05) is 37.9 Å². The molecular formula is C13H11Br3O. The Balaban J connectivity index is 2.48. The summed E-state index contributed by atoms with van der Waals surface area (Å²) in [5, 5.41) is 0. The van der Waals surface area contributed by atoms with E-state index in [2.05, 4.69) is 73.8 Å². The molecule has 2 aromatic rings. The highest BCUT2D eigenvalue weighted by atomic mass is 79.9. The van der Waals surface area contributed by atoms with Crippen molar-refractivity contribution in [3.8, 4) is 0 Å². The molecule has 17 heavy (non-hydrogen) atoms. The summed E-state index contributed by atoms with van der Waals surface area (Å²) in [5.41, 5.74) is 4.84. The number of aryl methyl sites for hydroxylation is 2. The van der Waals surface area contributed by atoms with Crippen LogP contribution in [0.5, 0.6) is 0 Å². The van der Waals surface area contributed by atoms with Crippen LogP contribution >= 0.6 is 47.8 Å². The van der Waals surface area contributed by atoms with Gasteiger partial charge in [-0.05, 0) is 58.6 Å². The largest absolute Gasteiger partial charge is 0.457 e. The lowest BCUT2D eigenvalue weighted by Gasteiger charge is -2.14. The second kappa shape index (κ2) is 5.29. The van der Waals surface area contributed by atoms with Gasteiger partial charge >= 0.3 is 0 Å². The maximum absolute atomic E-state index is 5.28. The highest BCUT2D eigenvalue weighted by Gasteiger charge is 2.18. The summed E-state index contributed by atoms with van der Waals surface area (Å²) in [6.45, 7) is 4.21. The molecular weight excluding hydrogens is 412 g/mol. The molecule has 1 heterocycles. The SMILES string of the molecule is Cc1cc(C(Br)c2ccoc2Br)c(C)cc1Br. The summed E-state index contributed by atoms with van der Waals surface area (Å²) in [6.07, 6.45) is 1.69. The molecule has 0 fully saturated rings. The molecule has 0 N–H and O–H groups in total. The van der Waals surface area contributed by atoms with Crippen LogP contribution in [0.25, 0.3) is 0 Å². The third kappa shape index (κ3) is 2.69. The molecule has 1 unspecified atom stereocenters. The third-order valence-corrected chi connectivity index (χ3v) is 5.23. The number of hydrogen-bond acceptors (Lipinski definition) is 1. The predicted molar refractivity (Wildman–Crippen MR) is 80.8 cm³/mol. The Labute approximate surface area is 126 Å². The standard InChI is InChI=1S/C13H11Br3O/c1-7-6-11(14)8(2)5-10(7)12(15)9-3-4-17-13(9)16/h3-6,12H,1-2H3. The maximum atomic E-state index is 5.28. The van der Waals surface area contributed by atoms with Crippen LogP contribution in [-0.4, -0.2) is 0 Å². The monoisotopic (exact) mass is 420 g/mol. The van der Waals surface area contributed by atoms with Crippen LogP contribution in [0.15, 0.2) is 38.0 Å². The van der Waals surface area contributed by atoms with Gasteiger partial charge in [0, 0.05) is 10.0 Å². The normalized spacial score (nSPS) is 12.8. The molecule has 2 rings (SSSR count). The van der Waals surface area contributed by atoms with Gasteiger partial charge in [0.15, 0.2) is 4.67 Å². The molecule has 0 aliphatic rings. The van der Waals surface area contributed by atoms with Gasteiger partial charge in [0.2, 0.25) is 0 Å². The van der Waals surface area contributed by atoms with E-state index < -0.39 is 0 Å². The van der Waals surface area contributed by atoms with Gasteiger partial charge in [0.05, 0.1) is 11.1 Å². The Kier molecular flexibility index (Phi) is 4.16. The van der Waals surface area contributed by atoms with E-state index in [-0.39, 0.29) is 4.83 Å². The number of furan rings is 1. The van der Waals surface area contributed by atoms with Crippen molar-refractivity contribution in [2.24, 2.45) is 0 Å². The molecule has 0 bridgehead atoms. The predicted octanol–water partition coefficient (Wildman–Crippen LogP) is 5.91. The van der Waals surface area contributed by atoms with E-state index >= 15 is 0 Å². The van der Waals surface area contributed by atoms with E-state index in [4.69, 9.17) is 4.42 Å². The zero-order chi connectivity index (χ0) is 12.6. The second-order valence-corrected chi connectivity index (χ2v) is 6.46. The first kappa shape index (κ1) is 13.4. The van der Waals surface area contributed by atoms with Gasteiger partial charge in [-0.3, -0.25) is 0 Å². The number of hydrogen-bond donors (Lipinski definition) is 0. The van der Waals surface area contributed by atoms with Crippen molar-refractivity contribution in [3.63, 3.8) is 0 Å². The Hall–Kier alpha value is -0.0600. The minimum absolute atomic E-state index is 0.141. The number of rotatable bonds is 2. The van der Waals surface area contributed by atoms with Crippen LogP contribution in [-0.2, 0) is 0 Å². The van der Waals surface area contributed by atoms with E-state index in [9.17, 15) is 0 Å². The van der Waals surface area contributed by atoms with Gasteiger partial charge in [-0.25, -0.2) is 0 Å². The summed E-state index contributed by atoms with van der Waals surface area (Å²) in [7, 11) is 0. The molecule has 0 aliphatic heterocycles. The first-order valence-corrected chi connectivity index (χ1v) is 7.64. The van der Waals surface area contributed by atoms with Gasteiger partial charge in [-0.2, -0.15) is 0 Å². The summed E-state index contributed by atoms with van der Waals surface area (Å²) >= 11 is 10.7. The Morgan fingerprint density at radius 2 is 1.76 bits per heavy atom. The lowest BCUT2D eigenvalue weighted by atomic mass is 10.00. The van der Waals surface area contributed by atoms with Crippen molar-refractivity contribution in [2.45, 2.75) is 18.7 Å². The molecule has 90 valence electrons. The molecule has 1 nitrogen and oxygen atoms in total. The number of benzene rings is 1. The summed E-state index contributed by atoms with van der Waals surface area (Å²) in [5.74, 6) is 0. The Morgan fingerprint density at radius 1 is 1.06 bits per heavy atom. The first-order chi connectivity index (χ1) is 8.00. The van der Waals surface area contributed by atoms with Crippen molar-refractivity contribution >= 4 is 47.8 Å². The smallest absolute Gasteiger partial charge is 0.173 e. The quantitative estimate of drug-likeness (QED) is 0.548. The lowest BCUT2D eigenvalue weighted by Crippen LogP contribution is -1.96. The van der Waals surface area contributed by atoms with E-state index in [1.165, 1.54) is 16.7 Å². The van der Waals surface area contributed by atoms with Gasteiger partial charge < -0.3 is 4.42 Å². The first-order valence-electron chi connectivity index (χ1n) is 5.14. The van der Waals surface area contributed by atoms with E-state index in [0.29, 0.717) is 0 Å². The van der Waals surface area contributed by atoms with Crippen molar-refractivity contribution in [2.75, 3.05) is 0 Å². The summed E-state index contributed by atoms with van der Waals surface area (Å²) in [4.78, 5) is 0.141. The molecule has 1 aromatic carbocycles. The van der Waals surface area contributed by atoms with Crippen molar-refractivity contribution in [3.05, 3.63) is 55.9 Å². The highest BCUT2D eigenvalue weighted by molar-refractivity contribution is 9.11. The third-order valence-electron chi connectivity index (χ3n) is 2.74. The van der Waals surface area contributed by atoms with Crippen LogP contribution < -0.4 is 0 Å². The Bertz CT molecular complexity index is 546. The average molecular weight is 423 g/mol. The second-order valence-electron chi connectivity index (χ2n) is 3.97. The van der Waals surface area contributed by atoms with Crippen LogP contribution in [0, 0.1) is 13.8 Å². The van der Waals surface area contributed by atoms with Crippen LogP contribution in [0.1, 0.15) is 27.1 Å². The van der Waals surface area contributed by atoms with Gasteiger partial charge in [0.25, 0.3) is 0 Å². The molecule has 0 saturated heterocycles.